The zero-order valence-corrected chi connectivity index (χ0v) is 13.0. The quantitative estimate of drug-likeness (QED) is 0.457. The molecule has 2 rings (SSSR count). The number of rotatable bonds is 7. The average Bonchev–Trinajstić information content (AvgIpc) is 3.39. The second-order valence-corrected chi connectivity index (χ2v) is 5.31. The Labute approximate surface area is 134 Å². The number of nitrogens with one attached hydrogen (secondary N) is 2. The van der Waals surface area contributed by atoms with Crippen LogP contribution in [0.1, 0.15) is 29.6 Å². The number of carbonyl (C=O) groups excluding carboxylic acids is 3. The molecule has 1 saturated carbocycles. The van der Waals surface area contributed by atoms with E-state index in [0.717, 1.165) is 12.8 Å². The average molecular weight is 316 g/mol. The molecule has 0 aromatic heterocycles. The van der Waals surface area contributed by atoms with Crippen LogP contribution in [0.2, 0.25) is 0 Å². The minimum atomic E-state index is -0.417. The van der Waals surface area contributed by atoms with Crippen molar-refractivity contribution in [3.8, 4) is 0 Å². The first-order chi connectivity index (χ1) is 11.1. The predicted octanol–water partition coefficient (Wildman–Crippen LogP) is 1.88. The monoisotopic (exact) mass is 316 g/mol. The van der Waals surface area contributed by atoms with Crippen molar-refractivity contribution in [2.45, 2.75) is 19.3 Å². The molecule has 0 bridgehead atoms. The summed E-state index contributed by atoms with van der Waals surface area (Å²) in [6.07, 6.45) is 5.41. The van der Waals surface area contributed by atoms with Crippen molar-refractivity contribution in [1.29, 1.82) is 0 Å². The number of hydrogen-bond donors (Lipinski definition) is 2. The van der Waals surface area contributed by atoms with E-state index in [-0.39, 0.29) is 17.7 Å². The largest absolute Gasteiger partial charge is 0.466 e. The standard InChI is InChI=1S/C17H20N2O4/c1-23-15(20)4-2-3-11-18-16(21)12-7-9-14(10-8-12)19-17(22)13-5-6-13/h2,4,7-10,13H,3,5-6,11H2,1H3,(H,18,21)(H,19,22)/b4-2+. The summed E-state index contributed by atoms with van der Waals surface area (Å²) in [4.78, 5) is 34.4. The highest BCUT2D eigenvalue weighted by Crippen LogP contribution is 2.30. The minimum Gasteiger partial charge on any atom is -0.466 e. The number of carbonyl (C=O) groups is 3. The van der Waals surface area contributed by atoms with E-state index < -0.39 is 5.97 Å². The fraction of sp³-hybridized carbons (Fsp3) is 0.353. The Morgan fingerprint density at radius 3 is 2.52 bits per heavy atom. The molecule has 6 nitrogen and oxygen atoms in total. The maximum Gasteiger partial charge on any atom is 0.330 e. The van der Waals surface area contributed by atoms with Gasteiger partial charge in [0.2, 0.25) is 5.91 Å². The third kappa shape index (κ3) is 5.58. The van der Waals surface area contributed by atoms with Gasteiger partial charge in [-0.2, -0.15) is 0 Å². The van der Waals surface area contributed by atoms with E-state index in [9.17, 15) is 14.4 Å². The Bertz CT molecular complexity index is 604. The van der Waals surface area contributed by atoms with E-state index >= 15 is 0 Å². The van der Waals surface area contributed by atoms with E-state index in [1.54, 1.807) is 30.3 Å². The number of methoxy groups -OCH3 is 1. The molecule has 2 N–H and O–H groups in total. The lowest BCUT2D eigenvalue weighted by Crippen LogP contribution is -2.24. The number of ether oxygens (including phenoxy) is 1. The fourth-order valence-electron chi connectivity index (χ4n) is 1.91. The normalized spacial score (nSPS) is 13.6. The van der Waals surface area contributed by atoms with Crippen molar-refractivity contribution in [2.24, 2.45) is 5.92 Å². The van der Waals surface area contributed by atoms with Gasteiger partial charge in [-0.3, -0.25) is 9.59 Å². The van der Waals surface area contributed by atoms with Crippen LogP contribution >= 0.6 is 0 Å². The molecule has 2 amide bonds. The number of benzene rings is 1. The molecule has 6 heteroatoms. The van der Waals surface area contributed by atoms with Crippen LogP contribution in [-0.2, 0) is 14.3 Å². The van der Waals surface area contributed by atoms with Crippen LogP contribution in [-0.4, -0.2) is 31.4 Å². The van der Waals surface area contributed by atoms with Gasteiger partial charge in [0.25, 0.3) is 5.91 Å². The molecule has 0 heterocycles. The molecule has 0 radical (unpaired) electrons. The molecule has 0 atom stereocenters. The minimum absolute atomic E-state index is 0.0413. The summed E-state index contributed by atoms with van der Waals surface area (Å²) in [6.45, 7) is 0.423. The van der Waals surface area contributed by atoms with E-state index in [1.807, 2.05) is 0 Å². The van der Waals surface area contributed by atoms with E-state index in [4.69, 9.17) is 0 Å². The van der Waals surface area contributed by atoms with Gasteiger partial charge in [0.1, 0.15) is 0 Å². The Morgan fingerprint density at radius 2 is 1.91 bits per heavy atom. The Hall–Kier alpha value is -2.63. The van der Waals surface area contributed by atoms with Crippen LogP contribution < -0.4 is 10.6 Å². The zero-order chi connectivity index (χ0) is 16.7. The molecule has 0 aliphatic heterocycles. The van der Waals surface area contributed by atoms with Gasteiger partial charge >= 0.3 is 5.97 Å². The van der Waals surface area contributed by atoms with Crippen molar-refractivity contribution in [1.82, 2.24) is 5.32 Å². The molecule has 1 aromatic rings. The highest BCUT2D eigenvalue weighted by atomic mass is 16.5. The van der Waals surface area contributed by atoms with Crippen LogP contribution in [0.5, 0.6) is 0 Å². The van der Waals surface area contributed by atoms with Gasteiger partial charge in [-0.1, -0.05) is 6.08 Å². The molecular weight excluding hydrogens is 296 g/mol. The first-order valence-electron chi connectivity index (χ1n) is 7.54. The summed E-state index contributed by atoms with van der Waals surface area (Å²) < 4.78 is 4.46. The highest BCUT2D eigenvalue weighted by Gasteiger charge is 2.29. The first-order valence-corrected chi connectivity index (χ1v) is 7.54. The zero-order valence-electron chi connectivity index (χ0n) is 13.0. The SMILES string of the molecule is COC(=O)/C=C/CCNC(=O)c1ccc(NC(=O)C2CC2)cc1. The highest BCUT2D eigenvalue weighted by molar-refractivity contribution is 5.96. The molecule has 1 fully saturated rings. The molecule has 23 heavy (non-hydrogen) atoms. The number of hydrogen-bond acceptors (Lipinski definition) is 4. The maximum absolute atomic E-state index is 11.9. The number of anilines is 1. The number of esters is 1. The van der Waals surface area contributed by atoms with Crippen LogP contribution in [0.4, 0.5) is 5.69 Å². The van der Waals surface area contributed by atoms with E-state index in [0.29, 0.717) is 24.2 Å². The van der Waals surface area contributed by atoms with Gasteiger partial charge < -0.3 is 15.4 Å². The first kappa shape index (κ1) is 16.7. The van der Waals surface area contributed by atoms with Crippen LogP contribution in [0.15, 0.2) is 36.4 Å². The van der Waals surface area contributed by atoms with Crippen LogP contribution in [0.3, 0.4) is 0 Å². The van der Waals surface area contributed by atoms with Gasteiger partial charge in [-0.25, -0.2) is 4.79 Å². The summed E-state index contributed by atoms with van der Waals surface area (Å²) in [5, 5.41) is 5.57. The number of amides is 2. The van der Waals surface area contributed by atoms with Gasteiger partial charge in [-0.05, 0) is 43.5 Å². The van der Waals surface area contributed by atoms with E-state index in [2.05, 4.69) is 15.4 Å². The van der Waals surface area contributed by atoms with Crippen molar-refractivity contribution in [3.05, 3.63) is 42.0 Å². The summed E-state index contributed by atoms with van der Waals surface area (Å²) in [7, 11) is 1.31. The van der Waals surface area contributed by atoms with Crippen LogP contribution in [0, 0.1) is 5.92 Å². The molecule has 1 aliphatic rings. The lowest BCUT2D eigenvalue weighted by molar-refractivity contribution is -0.134. The summed E-state index contributed by atoms with van der Waals surface area (Å²) in [5.74, 6) is -0.424. The van der Waals surface area contributed by atoms with Gasteiger partial charge in [0, 0.05) is 29.8 Å². The van der Waals surface area contributed by atoms with Crippen molar-refractivity contribution < 1.29 is 19.1 Å². The van der Waals surface area contributed by atoms with Gasteiger partial charge in [-0.15, -0.1) is 0 Å². The predicted molar refractivity (Wildman–Crippen MR) is 85.9 cm³/mol. The third-order valence-corrected chi connectivity index (χ3v) is 3.41. The second kappa shape index (κ2) is 8.12. The smallest absolute Gasteiger partial charge is 0.330 e. The molecule has 0 unspecified atom stereocenters. The van der Waals surface area contributed by atoms with Gasteiger partial charge in [0.15, 0.2) is 0 Å². The summed E-state index contributed by atoms with van der Waals surface area (Å²) in [5.41, 5.74) is 1.21. The van der Waals surface area contributed by atoms with Crippen molar-refractivity contribution >= 4 is 23.5 Å². The molecular formula is C17H20N2O4. The lowest BCUT2D eigenvalue weighted by Gasteiger charge is -2.06. The van der Waals surface area contributed by atoms with Gasteiger partial charge in [0.05, 0.1) is 7.11 Å². The van der Waals surface area contributed by atoms with Crippen molar-refractivity contribution in [2.75, 3.05) is 19.0 Å². The summed E-state index contributed by atoms with van der Waals surface area (Å²) in [6, 6.07) is 6.77. The molecule has 122 valence electrons. The lowest BCUT2D eigenvalue weighted by atomic mass is 10.2. The Morgan fingerprint density at radius 1 is 1.22 bits per heavy atom. The Balaban J connectivity index is 1.75. The molecule has 0 saturated heterocycles. The summed E-state index contributed by atoms with van der Waals surface area (Å²) >= 11 is 0. The van der Waals surface area contributed by atoms with Crippen molar-refractivity contribution in [3.63, 3.8) is 0 Å². The molecule has 1 aromatic carbocycles. The topological polar surface area (TPSA) is 84.5 Å². The maximum atomic E-state index is 11.9. The fourth-order valence-corrected chi connectivity index (χ4v) is 1.91. The Kier molecular flexibility index (Phi) is 5.91. The molecule has 0 spiro atoms. The second-order valence-electron chi connectivity index (χ2n) is 5.31. The van der Waals surface area contributed by atoms with E-state index in [1.165, 1.54) is 13.2 Å². The van der Waals surface area contributed by atoms with Crippen LogP contribution in [0.25, 0.3) is 0 Å². The third-order valence-electron chi connectivity index (χ3n) is 3.41. The molecule has 1 aliphatic carbocycles.